The molecule has 27 heavy (non-hydrogen) atoms. The Balaban J connectivity index is 1.55. The van der Waals surface area contributed by atoms with E-state index in [9.17, 15) is 8.42 Å². The number of para-hydroxylation sites is 1. The summed E-state index contributed by atoms with van der Waals surface area (Å²) < 4.78 is 38.7. The third kappa shape index (κ3) is 4.26. The Bertz CT molecular complexity index is 994. The molecule has 0 atom stereocenters. The van der Waals surface area contributed by atoms with Crippen molar-refractivity contribution < 1.29 is 17.9 Å². The van der Waals surface area contributed by atoms with E-state index in [1.807, 2.05) is 32.0 Å². The molecule has 1 aliphatic heterocycles. The van der Waals surface area contributed by atoms with Crippen molar-refractivity contribution in [3.63, 3.8) is 0 Å². The molecule has 0 saturated heterocycles. The summed E-state index contributed by atoms with van der Waals surface area (Å²) in [5.41, 5.74) is 1.80. The van der Waals surface area contributed by atoms with Crippen LogP contribution in [0.15, 0.2) is 23.1 Å². The number of rotatable bonds is 5. The van der Waals surface area contributed by atoms with Crippen molar-refractivity contribution in [3.05, 3.63) is 35.2 Å². The summed E-state index contributed by atoms with van der Waals surface area (Å²) >= 11 is 0. The van der Waals surface area contributed by atoms with E-state index in [0.717, 1.165) is 17.7 Å². The van der Waals surface area contributed by atoms with Gasteiger partial charge in [0.25, 0.3) is 0 Å². The van der Waals surface area contributed by atoms with Gasteiger partial charge in [0.1, 0.15) is 17.1 Å². The smallest absolute Gasteiger partial charge is 0.245 e. The summed E-state index contributed by atoms with van der Waals surface area (Å²) in [4.78, 5) is 0.167. The van der Waals surface area contributed by atoms with Crippen LogP contribution in [0.25, 0.3) is 0 Å². The molecular weight excluding hydrogens is 366 g/mol. The van der Waals surface area contributed by atoms with E-state index in [0.29, 0.717) is 17.1 Å². The zero-order valence-electron chi connectivity index (χ0n) is 15.8. The van der Waals surface area contributed by atoms with Crippen LogP contribution in [0.2, 0.25) is 0 Å². The highest BCUT2D eigenvalue weighted by molar-refractivity contribution is 7.89. The van der Waals surface area contributed by atoms with Crippen LogP contribution < -0.4 is 14.2 Å². The standard InChI is InChI=1S/C19H23N3O4S/c1-13-18(14(2)22-21-13)27(23,24)20-10-5-6-11-25-16-9-7-8-15-12-19(3,4)26-17(15)16/h7-9,20H,10-12H2,1-4H3,(H,21,22). The summed E-state index contributed by atoms with van der Waals surface area (Å²) in [5, 5.41) is 6.56. The van der Waals surface area contributed by atoms with Crippen molar-refractivity contribution in [2.45, 2.75) is 44.6 Å². The summed E-state index contributed by atoms with van der Waals surface area (Å²) in [6.45, 7) is 7.51. The number of H-pyrrole nitrogens is 1. The molecule has 0 bridgehead atoms. The average Bonchev–Trinajstić information content (AvgIpc) is 3.08. The number of hydrogen-bond acceptors (Lipinski definition) is 5. The van der Waals surface area contributed by atoms with Gasteiger partial charge in [-0.15, -0.1) is 0 Å². The van der Waals surface area contributed by atoms with Crippen LogP contribution in [0.4, 0.5) is 0 Å². The second kappa shape index (κ2) is 7.25. The third-order valence-electron chi connectivity index (χ3n) is 4.16. The van der Waals surface area contributed by atoms with Gasteiger partial charge >= 0.3 is 0 Å². The maximum absolute atomic E-state index is 12.3. The van der Waals surface area contributed by atoms with Gasteiger partial charge < -0.3 is 9.47 Å². The number of aromatic nitrogens is 2. The van der Waals surface area contributed by atoms with Crippen LogP contribution in [-0.2, 0) is 16.4 Å². The van der Waals surface area contributed by atoms with E-state index in [-0.39, 0.29) is 23.6 Å². The van der Waals surface area contributed by atoms with E-state index in [2.05, 4.69) is 26.8 Å². The number of benzene rings is 1. The molecule has 7 nitrogen and oxygen atoms in total. The molecule has 1 aromatic heterocycles. The fraction of sp³-hybridized carbons (Fsp3) is 0.421. The van der Waals surface area contributed by atoms with Gasteiger partial charge in [0, 0.05) is 12.0 Å². The maximum Gasteiger partial charge on any atom is 0.245 e. The number of aromatic amines is 1. The average molecular weight is 389 g/mol. The number of ether oxygens (including phenoxy) is 2. The number of sulfonamides is 1. The van der Waals surface area contributed by atoms with E-state index >= 15 is 0 Å². The minimum atomic E-state index is -3.65. The molecule has 8 heteroatoms. The van der Waals surface area contributed by atoms with E-state index in [4.69, 9.17) is 9.47 Å². The van der Waals surface area contributed by atoms with E-state index in [1.54, 1.807) is 13.8 Å². The van der Waals surface area contributed by atoms with Crippen LogP contribution >= 0.6 is 0 Å². The topological polar surface area (TPSA) is 93.3 Å². The molecule has 0 fully saturated rings. The van der Waals surface area contributed by atoms with Gasteiger partial charge in [0.2, 0.25) is 10.0 Å². The van der Waals surface area contributed by atoms with Gasteiger partial charge in [-0.1, -0.05) is 24.0 Å². The molecule has 0 aliphatic carbocycles. The zero-order chi connectivity index (χ0) is 19.7. The molecule has 3 rings (SSSR count). The molecule has 2 heterocycles. The van der Waals surface area contributed by atoms with Gasteiger partial charge in [-0.25, -0.2) is 8.42 Å². The van der Waals surface area contributed by atoms with Crippen molar-refractivity contribution in [3.8, 4) is 23.3 Å². The second-order valence-corrected chi connectivity index (χ2v) is 8.72. The summed E-state index contributed by atoms with van der Waals surface area (Å²) in [6, 6.07) is 5.79. The molecule has 2 aromatic rings. The predicted octanol–water partition coefficient (Wildman–Crippen LogP) is 2.10. The molecule has 0 unspecified atom stereocenters. The highest BCUT2D eigenvalue weighted by Gasteiger charge is 2.32. The first-order chi connectivity index (χ1) is 12.7. The van der Waals surface area contributed by atoms with Crippen molar-refractivity contribution in [2.24, 2.45) is 0 Å². The number of hydrogen-bond donors (Lipinski definition) is 2. The Morgan fingerprint density at radius 1 is 1.33 bits per heavy atom. The minimum Gasteiger partial charge on any atom is -0.483 e. The zero-order valence-corrected chi connectivity index (χ0v) is 16.7. The second-order valence-electron chi connectivity index (χ2n) is 7.01. The largest absolute Gasteiger partial charge is 0.483 e. The van der Waals surface area contributed by atoms with E-state index < -0.39 is 10.0 Å². The number of nitrogens with zero attached hydrogens (tertiary/aromatic N) is 1. The van der Waals surface area contributed by atoms with Crippen molar-refractivity contribution in [1.29, 1.82) is 0 Å². The Morgan fingerprint density at radius 3 is 2.81 bits per heavy atom. The number of nitrogens with one attached hydrogen (secondary N) is 2. The predicted molar refractivity (Wildman–Crippen MR) is 101 cm³/mol. The van der Waals surface area contributed by atoms with Crippen LogP contribution in [0.3, 0.4) is 0 Å². The quantitative estimate of drug-likeness (QED) is 0.764. The van der Waals surface area contributed by atoms with Crippen molar-refractivity contribution in [1.82, 2.24) is 14.9 Å². The van der Waals surface area contributed by atoms with Crippen LogP contribution in [0.1, 0.15) is 30.8 Å². The lowest BCUT2D eigenvalue weighted by atomic mass is 10.0. The fourth-order valence-electron chi connectivity index (χ4n) is 3.07. The van der Waals surface area contributed by atoms with Gasteiger partial charge in [-0.2, -0.15) is 9.82 Å². The molecule has 144 valence electrons. The highest BCUT2D eigenvalue weighted by atomic mass is 32.2. The monoisotopic (exact) mass is 389 g/mol. The van der Waals surface area contributed by atoms with Crippen molar-refractivity contribution in [2.75, 3.05) is 13.2 Å². The molecule has 2 N–H and O–H groups in total. The Kier molecular flexibility index (Phi) is 5.18. The SMILES string of the molecule is Cc1n[nH]c(C)c1S(=O)(=O)NCC#CCOc1cccc2c1OC(C)(C)C2. The Hall–Kier alpha value is -2.50. The van der Waals surface area contributed by atoms with Crippen molar-refractivity contribution >= 4 is 10.0 Å². The molecule has 0 saturated carbocycles. The third-order valence-corrected chi connectivity index (χ3v) is 5.82. The first-order valence-corrected chi connectivity index (χ1v) is 10.1. The minimum absolute atomic E-state index is 0.00776. The first kappa shape index (κ1) is 19.3. The summed E-state index contributed by atoms with van der Waals surface area (Å²) in [6.07, 6.45) is 0.833. The van der Waals surface area contributed by atoms with Crippen LogP contribution in [0.5, 0.6) is 11.5 Å². The molecule has 1 aromatic carbocycles. The van der Waals surface area contributed by atoms with Gasteiger partial charge in [0.15, 0.2) is 11.5 Å². The fourth-order valence-corrected chi connectivity index (χ4v) is 4.36. The normalized spacial score (nSPS) is 14.8. The van der Waals surface area contributed by atoms with Gasteiger partial charge in [-0.05, 0) is 33.8 Å². The van der Waals surface area contributed by atoms with E-state index in [1.165, 1.54) is 0 Å². The molecule has 0 radical (unpaired) electrons. The van der Waals surface area contributed by atoms with Gasteiger partial charge in [-0.3, -0.25) is 5.10 Å². The number of fused-ring (bicyclic) bond motifs is 1. The van der Waals surface area contributed by atoms with Gasteiger partial charge in [0.05, 0.1) is 17.9 Å². The van der Waals surface area contributed by atoms with Crippen LogP contribution in [0, 0.1) is 25.7 Å². The Labute approximate surface area is 159 Å². The maximum atomic E-state index is 12.3. The lowest BCUT2D eigenvalue weighted by Gasteiger charge is -2.17. The summed E-state index contributed by atoms with van der Waals surface area (Å²) in [5.74, 6) is 6.99. The summed E-state index contributed by atoms with van der Waals surface area (Å²) in [7, 11) is -3.65. The number of aryl methyl sites for hydroxylation is 2. The first-order valence-electron chi connectivity index (χ1n) is 8.60. The molecule has 0 spiro atoms. The Morgan fingerprint density at radius 2 is 2.11 bits per heavy atom. The molecule has 1 aliphatic rings. The van der Waals surface area contributed by atoms with Crippen LogP contribution in [-0.4, -0.2) is 37.4 Å². The lowest BCUT2D eigenvalue weighted by Crippen LogP contribution is -2.25. The lowest BCUT2D eigenvalue weighted by molar-refractivity contribution is 0.133. The molecule has 0 amide bonds. The highest BCUT2D eigenvalue weighted by Crippen LogP contribution is 2.41. The molecular formula is C19H23N3O4S.